The maximum absolute atomic E-state index is 11.6. The molecule has 1 atom stereocenters. The first-order valence-electron chi connectivity index (χ1n) is 5.84. The fourth-order valence-corrected chi connectivity index (χ4v) is 2.54. The van der Waals surface area contributed by atoms with E-state index < -0.39 is 0 Å². The molecule has 0 radical (unpaired) electrons. The lowest BCUT2D eigenvalue weighted by Gasteiger charge is -2.13. The van der Waals surface area contributed by atoms with Crippen molar-refractivity contribution in [2.24, 2.45) is 5.92 Å². The van der Waals surface area contributed by atoms with Crippen LogP contribution in [0.2, 0.25) is 0 Å². The highest BCUT2D eigenvalue weighted by Crippen LogP contribution is 2.27. The van der Waals surface area contributed by atoms with Gasteiger partial charge in [0.1, 0.15) is 0 Å². The van der Waals surface area contributed by atoms with Gasteiger partial charge in [0.05, 0.1) is 0 Å². The van der Waals surface area contributed by atoms with E-state index in [0.29, 0.717) is 12.0 Å². The van der Waals surface area contributed by atoms with Crippen LogP contribution in [-0.2, 0) is 4.79 Å². The first kappa shape index (κ1) is 9.97. The summed E-state index contributed by atoms with van der Waals surface area (Å²) in [4.78, 5) is 11.6. The predicted molar refractivity (Wildman–Crippen MR) is 56.0 cm³/mol. The molecular formula is C11H20N2O. The van der Waals surface area contributed by atoms with Crippen molar-refractivity contribution in [2.75, 3.05) is 13.1 Å². The van der Waals surface area contributed by atoms with E-state index >= 15 is 0 Å². The molecule has 0 spiro atoms. The molecule has 2 aliphatic rings. The van der Waals surface area contributed by atoms with Gasteiger partial charge in [0.15, 0.2) is 0 Å². The summed E-state index contributed by atoms with van der Waals surface area (Å²) in [6.07, 6.45) is 7.02. The third-order valence-electron chi connectivity index (χ3n) is 3.37. The monoisotopic (exact) mass is 196 g/mol. The Bertz CT molecular complexity index is 173. The fourth-order valence-electron chi connectivity index (χ4n) is 2.54. The molecule has 1 saturated heterocycles. The van der Waals surface area contributed by atoms with Crippen molar-refractivity contribution in [2.45, 2.75) is 44.6 Å². The number of rotatable bonds is 3. The van der Waals surface area contributed by atoms with E-state index in [1.165, 1.54) is 25.7 Å². The topological polar surface area (TPSA) is 41.1 Å². The highest BCUT2D eigenvalue weighted by atomic mass is 16.1. The number of amides is 1. The number of carbonyl (C=O) groups is 1. The summed E-state index contributed by atoms with van der Waals surface area (Å²) in [5.74, 6) is 0.940. The van der Waals surface area contributed by atoms with Crippen LogP contribution in [-0.4, -0.2) is 25.0 Å². The van der Waals surface area contributed by atoms with E-state index in [1.54, 1.807) is 0 Å². The van der Waals surface area contributed by atoms with Gasteiger partial charge in [0, 0.05) is 19.0 Å². The normalized spacial score (nSPS) is 28.1. The van der Waals surface area contributed by atoms with Crippen molar-refractivity contribution in [3.05, 3.63) is 0 Å². The maximum atomic E-state index is 11.6. The van der Waals surface area contributed by atoms with Crippen LogP contribution in [0.1, 0.15) is 38.5 Å². The molecule has 1 aliphatic carbocycles. The van der Waals surface area contributed by atoms with Crippen molar-refractivity contribution in [3.8, 4) is 0 Å². The quantitative estimate of drug-likeness (QED) is 0.708. The molecule has 2 rings (SSSR count). The van der Waals surface area contributed by atoms with Gasteiger partial charge >= 0.3 is 0 Å². The summed E-state index contributed by atoms with van der Waals surface area (Å²) in [5.41, 5.74) is 0. The third-order valence-corrected chi connectivity index (χ3v) is 3.37. The second-order valence-electron chi connectivity index (χ2n) is 4.61. The van der Waals surface area contributed by atoms with Gasteiger partial charge in [-0.1, -0.05) is 12.8 Å². The molecule has 1 heterocycles. The Hall–Kier alpha value is -0.570. The Morgan fingerprint density at radius 2 is 2.07 bits per heavy atom. The van der Waals surface area contributed by atoms with E-state index in [9.17, 15) is 4.79 Å². The largest absolute Gasteiger partial charge is 0.352 e. The number of hydrogen-bond donors (Lipinski definition) is 2. The van der Waals surface area contributed by atoms with Gasteiger partial charge in [0.25, 0.3) is 0 Å². The zero-order chi connectivity index (χ0) is 9.80. The highest BCUT2D eigenvalue weighted by Gasteiger charge is 2.21. The van der Waals surface area contributed by atoms with Crippen LogP contribution in [0.25, 0.3) is 0 Å². The van der Waals surface area contributed by atoms with E-state index in [4.69, 9.17) is 0 Å². The number of carbonyl (C=O) groups excluding carboxylic acids is 1. The minimum absolute atomic E-state index is 0.269. The first-order valence-corrected chi connectivity index (χ1v) is 5.84. The van der Waals surface area contributed by atoms with Crippen LogP contribution in [0.5, 0.6) is 0 Å². The average molecular weight is 196 g/mol. The van der Waals surface area contributed by atoms with Crippen molar-refractivity contribution in [3.63, 3.8) is 0 Å². The molecule has 14 heavy (non-hydrogen) atoms. The molecule has 2 fully saturated rings. The van der Waals surface area contributed by atoms with Crippen LogP contribution in [0.15, 0.2) is 0 Å². The molecule has 0 aromatic rings. The van der Waals surface area contributed by atoms with E-state index in [-0.39, 0.29) is 5.91 Å². The van der Waals surface area contributed by atoms with E-state index in [1.807, 2.05) is 0 Å². The van der Waals surface area contributed by atoms with Gasteiger partial charge in [-0.05, 0) is 31.7 Å². The van der Waals surface area contributed by atoms with Gasteiger partial charge in [-0.15, -0.1) is 0 Å². The molecular weight excluding hydrogens is 176 g/mol. The summed E-state index contributed by atoms with van der Waals surface area (Å²) < 4.78 is 0. The van der Waals surface area contributed by atoms with E-state index in [0.717, 1.165) is 25.9 Å². The van der Waals surface area contributed by atoms with Crippen molar-refractivity contribution < 1.29 is 4.79 Å². The minimum Gasteiger partial charge on any atom is -0.352 e. The molecule has 3 heteroatoms. The molecule has 0 bridgehead atoms. The SMILES string of the molecule is O=C(CC1CCCC1)N[C@H]1CCNC1. The lowest BCUT2D eigenvalue weighted by atomic mass is 10.0. The van der Waals surface area contributed by atoms with Gasteiger partial charge in [-0.2, -0.15) is 0 Å². The lowest BCUT2D eigenvalue weighted by Crippen LogP contribution is -2.36. The fraction of sp³-hybridized carbons (Fsp3) is 0.909. The highest BCUT2D eigenvalue weighted by molar-refractivity contribution is 5.76. The smallest absolute Gasteiger partial charge is 0.220 e. The van der Waals surface area contributed by atoms with Crippen LogP contribution < -0.4 is 10.6 Å². The van der Waals surface area contributed by atoms with Crippen LogP contribution >= 0.6 is 0 Å². The summed E-state index contributed by atoms with van der Waals surface area (Å²) >= 11 is 0. The van der Waals surface area contributed by atoms with Crippen molar-refractivity contribution in [1.29, 1.82) is 0 Å². The number of nitrogens with one attached hydrogen (secondary N) is 2. The van der Waals surface area contributed by atoms with Gasteiger partial charge < -0.3 is 10.6 Å². The molecule has 1 aliphatic heterocycles. The zero-order valence-corrected chi connectivity index (χ0v) is 8.72. The Morgan fingerprint density at radius 3 is 2.71 bits per heavy atom. The molecule has 80 valence electrons. The Labute approximate surface area is 85.6 Å². The van der Waals surface area contributed by atoms with Gasteiger partial charge in [0.2, 0.25) is 5.91 Å². The molecule has 1 amide bonds. The third kappa shape index (κ3) is 2.71. The molecule has 0 aromatic heterocycles. The summed E-state index contributed by atoms with van der Waals surface area (Å²) in [5, 5.41) is 6.36. The Balaban J connectivity index is 1.66. The lowest BCUT2D eigenvalue weighted by molar-refractivity contribution is -0.122. The molecule has 0 aromatic carbocycles. The maximum Gasteiger partial charge on any atom is 0.220 e. The number of hydrogen-bond acceptors (Lipinski definition) is 2. The van der Waals surface area contributed by atoms with Crippen LogP contribution in [0.3, 0.4) is 0 Å². The second-order valence-corrected chi connectivity index (χ2v) is 4.61. The summed E-state index contributed by atoms with van der Waals surface area (Å²) in [6.45, 7) is 2.00. The predicted octanol–water partition coefficient (Wildman–Crippen LogP) is 1.04. The summed E-state index contributed by atoms with van der Waals surface area (Å²) in [6, 6.07) is 0.393. The average Bonchev–Trinajstić information content (AvgIpc) is 2.76. The van der Waals surface area contributed by atoms with Crippen LogP contribution in [0.4, 0.5) is 0 Å². The molecule has 2 N–H and O–H groups in total. The molecule has 0 unspecified atom stereocenters. The Kier molecular flexibility index (Phi) is 3.40. The van der Waals surface area contributed by atoms with Crippen molar-refractivity contribution in [1.82, 2.24) is 10.6 Å². The standard InChI is InChI=1S/C11H20N2O/c14-11(7-9-3-1-2-4-9)13-10-5-6-12-8-10/h9-10,12H,1-8H2,(H,13,14)/t10-/m0/s1. The molecule has 3 nitrogen and oxygen atoms in total. The Morgan fingerprint density at radius 1 is 1.29 bits per heavy atom. The van der Waals surface area contributed by atoms with Gasteiger partial charge in [-0.3, -0.25) is 4.79 Å². The van der Waals surface area contributed by atoms with Crippen LogP contribution in [0, 0.1) is 5.92 Å². The van der Waals surface area contributed by atoms with Gasteiger partial charge in [-0.25, -0.2) is 0 Å². The second kappa shape index (κ2) is 4.78. The summed E-state index contributed by atoms with van der Waals surface area (Å²) in [7, 11) is 0. The van der Waals surface area contributed by atoms with Crippen molar-refractivity contribution >= 4 is 5.91 Å². The minimum atomic E-state index is 0.269. The first-order chi connectivity index (χ1) is 6.84. The molecule has 1 saturated carbocycles. The zero-order valence-electron chi connectivity index (χ0n) is 8.72. The van der Waals surface area contributed by atoms with E-state index in [2.05, 4.69) is 10.6 Å².